The van der Waals surface area contributed by atoms with Crippen LogP contribution in [0.1, 0.15) is 18.0 Å². The van der Waals surface area contributed by atoms with Crippen LogP contribution >= 0.6 is 0 Å². The molecule has 3 aromatic carbocycles. The molecule has 0 radical (unpaired) electrons. The summed E-state index contributed by atoms with van der Waals surface area (Å²) in [5, 5.41) is 0. The predicted molar refractivity (Wildman–Crippen MR) is 146 cm³/mol. The number of anilines is 2. The SMILES string of the molecule is COc1ccc(C2C(C(=O)N3CCN(c4ccccc4OC)CC3)CC(=O)N2c2ccc(OC)cc2)cc1. The van der Waals surface area contributed by atoms with E-state index < -0.39 is 12.0 Å². The average Bonchev–Trinajstić information content (AvgIpc) is 3.33. The van der Waals surface area contributed by atoms with Gasteiger partial charge in [0, 0.05) is 38.3 Å². The highest BCUT2D eigenvalue weighted by atomic mass is 16.5. The molecule has 0 bridgehead atoms. The summed E-state index contributed by atoms with van der Waals surface area (Å²) < 4.78 is 16.2. The lowest BCUT2D eigenvalue weighted by atomic mass is 9.91. The Morgan fingerprint density at radius 1 is 0.763 bits per heavy atom. The van der Waals surface area contributed by atoms with E-state index in [0.29, 0.717) is 31.9 Å². The minimum atomic E-state index is -0.490. The van der Waals surface area contributed by atoms with Gasteiger partial charge in [0.15, 0.2) is 0 Å². The molecule has 38 heavy (non-hydrogen) atoms. The van der Waals surface area contributed by atoms with E-state index in [0.717, 1.165) is 28.4 Å². The van der Waals surface area contributed by atoms with Crippen molar-refractivity contribution in [2.45, 2.75) is 12.5 Å². The van der Waals surface area contributed by atoms with Crippen LogP contribution in [0, 0.1) is 5.92 Å². The van der Waals surface area contributed by atoms with Gasteiger partial charge in [0.2, 0.25) is 11.8 Å². The lowest BCUT2D eigenvalue weighted by Gasteiger charge is -2.38. The van der Waals surface area contributed by atoms with Crippen molar-refractivity contribution in [3.63, 3.8) is 0 Å². The van der Waals surface area contributed by atoms with Gasteiger partial charge in [0.25, 0.3) is 0 Å². The van der Waals surface area contributed by atoms with Crippen LogP contribution in [-0.2, 0) is 9.59 Å². The zero-order valence-corrected chi connectivity index (χ0v) is 22.0. The Kier molecular flexibility index (Phi) is 7.40. The molecule has 5 rings (SSSR count). The molecule has 2 saturated heterocycles. The van der Waals surface area contributed by atoms with Gasteiger partial charge < -0.3 is 28.9 Å². The highest BCUT2D eigenvalue weighted by Gasteiger charge is 2.47. The molecule has 2 fully saturated rings. The Balaban J connectivity index is 1.40. The number of amides is 2. The Labute approximate surface area is 223 Å². The molecule has 2 amide bonds. The van der Waals surface area contributed by atoms with E-state index in [1.54, 1.807) is 26.2 Å². The van der Waals surface area contributed by atoms with E-state index >= 15 is 0 Å². The first-order valence-corrected chi connectivity index (χ1v) is 12.8. The molecule has 8 heteroatoms. The van der Waals surface area contributed by atoms with Crippen LogP contribution in [0.4, 0.5) is 11.4 Å². The molecular formula is C30H33N3O5. The summed E-state index contributed by atoms with van der Waals surface area (Å²) in [7, 11) is 4.90. The number of para-hydroxylation sites is 2. The summed E-state index contributed by atoms with van der Waals surface area (Å²) in [5.74, 6) is 1.71. The van der Waals surface area contributed by atoms with Gasteiger partial charge in [-0.2, -0.15) is 0 Å². The monoisotopic (exact) mass is 515 g/mol. The number of hydrogen-bond donors (Lipinski definition) is 0. The third kappa shape index (κ3) is 4.86. The van der Waals surface area contributed by atoms with Gasteiger partial charge in [-0.15, -0.1) is 0 Å². The minimum absolute atomic E-state index is 0.00913. The summed E-state index contributed by atoms with van der Waals surface area (Å²) in [6.07, 6.45) is 0.161. The summed E-state index contributed by atoms with van der Waals surface area (Å²) >= 11 is 0. The maximum Gasteiger partial charge on any atom is 0.228 e. The number of carbonyl (C=O) groups excluding carboxylic acids is 2. The first-order chi connectivity index (χ1) is 18.5. The third-order valence-corrected chi connectivity index (χ3v) is 7.46. The largest absolute Gasteiger partial charge is 0.497 e. The van der Waals surface area contributed by atoms with Crippen LogP contribution in [-0.4, -0.2) is 64.2 Å². The molecule has 2 atom stereocenters. The third-order valence-electron chi connectivity index (χ3n) is 7.46. The molecule has 2 aliphatic heterocycles. The number of ether oxygens (including phenoxy) is 3. The van der Waals surface area contributed by atoms with Gasteiger partial charge in [0.1, 0.15) is 17.2 Å². The predicted octanol–water partition coefficient (Wildman–Crippen LogP) is 4.16. The molecule has 3 aromatic rings. The van der Waals surface area contributed by atoms with Crippen LogP contribution in [0.2, 0.25) is 0 Å². The van der Waals surface area contributed by atoms with Gasteiger partial charge >= 0.3 is 0 Å². The van der Waals surface area contributed by atoms with Crippen LogP contribution in [0.25, 0.3) is 0 Å². The first-order valence-electron chi connectivity index (χ1n) is 12.8. The fourth-order valence-corrected chi connectivity index (χ4v) is 5.48. The number of rotatable bonds is 7. The highest BCUT2D eigenvalue weighted by Crippen LogP contribution is 2.43. The Hall–Kier alpha value is -4.20. The van der Waals surface area contributed by atoms with Crippen molar-refractivity contribution in [1.29, 1.82) is 0 Å². The van der Waals surface area contributed by atoms with Crippen molar-refractivity contribution >= 4 is 23.2 Å². The number of benzene rings is 3. The molecule has 0 saturated carbocycles. The smallest absolute Gasteiger partial charge is 0.228 e. The minimum Gasteiger partial charge on any atom is -0.497 e. The number of piperazine rings is 1. The van der Waals surface area contributed by atoms with Crippen molar-refractivity contribution in [2.75, 3.05) is 57.3 Å². The Morgan fingerprint density at radius 3 is 1.97 bits per heavy atom. The van der Waals surface area contributed by atoms with E-state index in [4.69, 9.17) is 14.2 Å². The fourth-order valence-electron chi connectivity index (χ4n) is 5.48. The zero-order chi connectivity index (χ0) is 26.6. The van der Waals surface area contributed by atoms with Gasteiger partial charge in [-0.05, 0) is 54.1 Å². The van der Waals surface area contributed by atoms with Crippen molar-refractivity contribution in [3.8, 4) is 17.2 Å². The Morgan fingerprint density at radius 2 is 1.37 bits per heavy atom. The summed E-state index contributed by atoms with van der Waals surface area (Å²) in [5.41, 5.74) is 2.67. The van der Waals surface area contributed by atoms with Crippen molar-refractivity contribution in [2.24, 2.45) is 5.92 Å². The first kappa shape index (κ1) is 25.4. The molecule has 0 spiro atoms. The summed E-state index contributed by atoms with van der Waals surface area (Å²) in [6, 6.07) is 22.6. The molecule has 0 N–H and O–H groups in total. The van der Waals surface area contributed by atoms with Crippen LogP contribution in [0.5, 0.6) is 17.2 Å². The van der Waals surface area contributed by atoms with Crippen molar-refractivity contribution < 1.29 is 23.8 Å². The van der Waals surface area contributed by atoms with Gasteiger partial charge in [-0.3, -0.25) is 9.59 Å². The van der Waals surface area contributed by atoms with Crippen molar-refractivity contribution in [3.05, 3.63) is 78.4 Å². The topological polar surface area (TPSA) is 71.6 Å². The quantitative estimate of drug-likeness (QED) is 0.471. The van der Waals surface area contributed by atoms with Crippen molar-refractivity contribution in [1.82, 2.24) is 4.90 Å². The van der Waals surface area contributed by atoms with E-state index in [2.05, 4.69) is 4.90 Å². The van der Waals surface area contributed by atoms with Crippen LogP contribution in [0.3, 0.4) is 0 Å². The Bertz CT molecular complexity index is 1270. The molecule has 0 aromatic heterocycles. The summed E-state index contributed by atoms with van der Waals surface area (Å²) in [6.45, 7) is 2.56. The van der Waals surface area contributed by atoms with Gasteiger partial charge in [-0.25, -0.2) is 0 Å². The second kappa shape index (κ2) is 11.0. The van der Waals surface area contributed by atoms with Gasteiger partial charge in [-0.1, -0.05) is 24.3 Å². The van der Waals surface area contributed by atoms with E-state index in [9.17, 15) is 9.59 Å². The number of carbonyl (C=O) groups is 2. The lowest BCUT2D eigenvalue weighted by molar-refractivity contribution is -0.136. The molecular weight excluding hydrogens is 482 g/mol. The molecule has 2 unspecified atom stereocenters. The molecule has 0 aliphatic carbocycles. The number of methoxy groups -OCH3 is 3. The lowest BCUT2D eigenvalue weighted by Crippen LogP contribution is -2.51. The van der Waals surface area contributed by atoms with Gasteiger partial charge in [0.05, 0.1) is 39.0 Å². The highest BCUT2D eigenvalue weighted by molar-refractivity contribution is 6.01. The standard InChI is InChI=1S/C30H33N3O5/c1-36-23-12-8-21(9-13-23)29-25(20-28(34)33(29)22-10-14-24(37-2)15-11-22)30(35)32-18-16-31(17-19-32)26-6-4-5-7-27(26)38-3/h4-15,25,29H,16-20H2,1-3H3. The fraction of sp³-hybridized carbons (Fsp3) is 0.333. The molecule has 8 nitrogen and oxygen atoms in total. The maximum atomic E-state index is 14.0. The zero-order valence-electron chi connectivity index (χ0n) is 22.0. The maximum absolute atomic E-state index is 14.0. The van der Waals surface area contributed by atoms with Crippen LogP contribution < -0.4 is 24.0 Å². The van der Waals surface area contributed by atoms with E-state index in [1.165, 1.54) is 0 Å². The number of hydrogen-bond acceptors (Lipinski definition) is 6. The number of nitrogens with zero attached hydrogens (tertiary/aromatic N) is 3. The normalized spacial score (nSPS) is 19.4. The molecule has 2 heterocycles. The summed E-state index contributed by atoms with van der Waals surface area (Å²) in [4.78, 5) is 33.3. The van der Waals surface area contributed by atoms with Crippen LogP contribution in [0.15, 0.2) is 72.8 Å². The second-order valence-corrected chi connectivity index (χ2v) is 9.47. The molecule has 198 valence electrons. The average molecular weight is 516 g/mol. The molecule has 2 aliphatic rings. The van der Waals surface area contributed by atoms with E-state index in [-0.39, 0.29) is 18.2 Å². The second-order valence-electron chi connectivity index (χ2n) is 9.47. The van der Waals surface area contributed by atoms with E-state index in [1.807, 2.05) is 77.7 Å².